The van der Waals surface area contributed by atoms with Gasteiger partial charge in [-0.15, -0.1) is 0 Å². The highest BCUT2D eigenvalue weighted by Gasteiger charge is 2.44. The van der Waals surface area contributed by atoms with Crippen LogP contribution in [0, 0.1) is 11.8 Å². The molecule has 3 aliphatic heterocycles. The van der Waals surface area contributed by atoms with E-state index in [-0.39, 0.29) is 18.1 Å². The summed E-state index contributed by atoms with van der Waals surface area (Å²) in [6, 6.07) is 8.20. The molecule has 2 bridgehead atoms. The third kappa shape index (κ3) is 5.12. The molecule has 0 aliphatic carbocycles. The number of unbranched alkanes of at least 4 members (excludes halogenated alkanes) is 2. The van der Waals surface area contributed by atoms with Gasteiger partial charge in [0.15, 0.2) is 0 Å². The number of methoxy groups -OCH3 is 1. The second-order valence-electron chi connectivity index (χ2n) is 9.21. The smallest absolute Gasteiger partial charge is 0.306 e. The zero-order valence-corrected chi connectivity index (χ0v) is 20.9. The van der Waals surface area contributed by atoms with Gasteiger partial charge >= 0.3 is 5.97 Å². The van der Waals surface area contributed by atoms with Crippen LogP contribution in [0.1, 0.15) is 63.5 Å². The van der Waals surface area contributed by atoms with Crippen LogP contribution in [0.15, 0.2) is 30.5 Å². The van der Waals surface area contributed by atoms with E-state index in [0.717, 1.165) is 78.2 Å². The summed E-state index contributed by atoms with van der Waals surface area (Å²) in [5.41, 5.74) is 1.96. The molecule has 0 saturated carbocycles. The van der Waals surface area contributed by atoms with Gasteiger partial charge in [0.1, 0.15) is 11.9 Å². The summed E-state index contributed by atoms with van der Waals surface area (Å²) in [5.74, 6) is 2.18. The third-order valence-corrected chi connectivity index (χ3v) is 7.93. The van der Waals surface area contributed by atoms with Gasteiger partial charge < -0.3 is 9.47 Å². The average Bonchev–Trinajstić information content (AvgIpc) is 2.84. The molecule has 5 nitrogen and oxygen atoms in total. The first kappa shape index (κ1) is 23.5. The van der Waals surface area contributed by atoms with Crippen LogP contribution < -0.4 is 4.74 Å². The normalized spacial score (nSPS) is 25.6. The highest BCUT2D eigenvalue weighted by atomic mass is 79.9. The minimum atomic E-state index is -0.281. The van der Waals surface area contributed by atoms with Crippen molar-refractivity contribution in [3.8, 4) is 5.75 Å². The summed E-state index contributed by atoms with van der Waals surface area (Å²) in [6.45, 7) is 4.50. The van der Waals surface area contributed by atoms with Crippen molar-refractivity contribution in [2.75, 3.05) is 25.5 Å². The number of halogens is 1. The van der Waals surface area contributed by atoms with E-state index in [0.29, 0.717) is 6.42 Å². The van der Waals surface area contributed by atoms with Crippen LogP contribution in [0.4, 0.5) is 0 Å². The molecule has 0 radical (unpaired) electrons. The van der Waals surface area contributed by atoms with Gasteiger partial charge in [0, 0.05) is 35.4 Å². The van der Waals surface area contributed by atoms with Gasteiger partial charge in [-0.05, 0) is 68.3 Å². The zero-order chi connectivity index (χ0) is 22.5. The Balaban J connectivity index is 1.64. The van der Waals surface area contributed by atoms with Gasteiger partial charge in [-0.1, -0.05) is 35.7 Å². The molecular formula is C26H35BrN2O3. The van der Waals surface area contributed by atoms with Crippen LogP contribution in [0.5, 0.6) is 5.75 Å². The zero-order valence-electron chi connectivity index (χ0n) is 19.3. The second kappa shape index (κ2) is 11.0. The summed E-state index contributed by atoms with van der Waals surface area (Å²) in [5, 5.41) is 1.99. The number of hydrogen-bond donors (Lipinski definition) is 0. The summed E-state index contributed by atoms with van der Waals surface area (Å²) in [4.78, 5) is 20.1. The average molecular weight is 503 g/mol. The number of benzene rings is 1. The number of rotatable bonds is 10. The van der Waals surface area contributed by atoms with Gasteiger partial charge in [-0.25, -0.2) is 0 Å². The Kier molecular flexibility index (Phi) is 8.06. The molecule has 5 atom stereocenters. The third-order valence-electron chi connectivity index (χ3n) is 7.37. The number of nitrogens with zero attached hydrogens (tertiary/aromatic N) is 2. The molecule has 3 aliphatic rings. The molecule has 0 amide bonds. The number of carbonyl (C=O) groups is 1. The Hall–Kier alpha value is -1.66. The molecule has 6 heteroatoms. The van der Waals surface area contributed by atoms with Gasteiger partial charge in [-0.2, -0.15) is 0 Å². The first-order valence-electron chi connectivity index (χ1n) is 12.1. The molecule has 32 heavy (non-hydrogen) atoms. The van der Waals surface area contributed by atoms with Crippen molar-refractivity contribution in [2.45, 2.75) is 64.0 Å². The van der Waals surface area contributed by atoms with Gasteiger partial charge in [-0.3, -0.25) is 14.7 Å². The molecule has 5 rings (SSSR count). The largest absolute Gasteiger partial charge is 0.497 e. The minimum absolute atomic E-state index is 0.0906. The summed E-state index contributed by atoms with van der Waals surface area (Å²) in [6.07, 6.45) is 8.60. The van der Waals surface area contributed by atoms with Crippen molar-refractivity contribution in [2.24, 2.45) is 11.8 Å². The predicted octanol–water partition coefficient (Wildman–Crippen LogP) is 5.90. The monoisotopic (exact) mass is 502 g/mol. The van der Waals surface area contributed by atoms with Crippen LogP contribution in [-0.4, -0.2) is 47.4 Å². The lowest BCUT2D eigenvalue weighted by atomic mass is 9.72. The number of piperidine rings is 3. The van der Waals surface area contributed by atoms with Crippen LogP contribution in [0.25, 0.3) is 10.9 Å². The maximum absolute atomic E-state index is 12.9. The number of ether oxygens (including phenoxy) is 2. The Morgan fingerprint density at radius 2 is 2.16 bits per heavy atom. The topological polar surface area (TPSA) is 51.7 Å². The first-order chi connectivity index (χ1) is 15.6. The summed E-state index contributed by atoms with van der Waals surface area (Å²) in [7, 11) is 1.68. The Morgan fingerprint density at radius 1 is 1.28 bits per heavy atom. The molecule has 3 fully saturated rings. The van der Waals surface area contributed by atoms with E-state index in [1.165, 1.54) is 12.8 Å². The van der Waals surface area contributed by atoms with E-state index in [1.807, 2.05) is 30.5 Å². The van der Waals surface area contributed by atoms with Crippen molar-refractivity contribution < 1.29 is 14.3 Å². The fourth-order valence-electron chi connectivity index (χ4n) is 5.57. The molecule has 1 aromatic carbocycles. The van der Waals surface area contributed by atoms with Crippen molar-refractivity contribution in [3.05, 3.63) is 36.0 Å². The molecule has 2 aromatic rings. The van der Waals surface area contributed by atoms with E-state index in [4.69, 9.17) is 9.47 Å². The van der Waals surface area contributed by atoms with Crippen LogP contribution in [-0.2, 0) is 9.53 Å². The molecule has 0 N–H and O–H groups in total. The fourth-order valence-corrected chi connectivity index (χ4v) is 5.97. The number of carbonyl (C=O) groups excluding carboxylic acids is 1. The number of esters is 1. The second-order valence-corrected chi connectivity index (χ2v) is 10.0. The van der Waals surface area contributed by atoms with E-state index in [2.05, 4.69) is 32.7 Å². The fraction of sp³-hybridized carbons (Fsp3) is 0.615. The number of aromatic nitrogens is 1. The van der Waals surface area contributed by atoms with E-state index in [9.17, 15) is 4.79 Å². The molecule has 3 saturated heterocycles. The van der Waals surface area contributed by atoms with E-state index >= 15 is 0 Å². The lowest BCUT2D eigenvalue weighted by Crippen LogP contribution is -2.55. The van der Waals surface area contributed by atoms with E-state index < -0.39 is 0 Å². The number of pyridine rings is 1. The van der Waals surface area contributed by atoms with E-state index in [1.54, 1.807) is 7.11 Å². The quantitative estimate of drug-likeness (QED) is 0.230. The molecule has 0 spiro atoms. The maximum atomic E-state index is 12.9. The SMILES string of the molecule is CC[C@H]1CN2CC[C@H]1C[C@@H]2[C@@H](OC(=O)CCCCCBr)c1ccnc2ccc(OC)cc12. The highest BCUT2D eigenvalue weighted by Crippen LogP contribution is 2.44. The molecule has 4 heterocycles. The van der Waals surface area contributed by atoms with Crippen LogP contribution in [0.2, 0.25) is 0 Å². The number of hydrogen-bond acceptors (Lipinski definition) is 5. The highest BCUT2D eigenvalue weighted by molar-refractivity contribution is 9.09. The van der Waals surface area contributed by atoms with Gasteiger partial charge in [0.2, 0.25) is 0 Å². The van der Waals surface area contributed by atoms with Crippen molar-refractivity contribution >= 4 is 32.8 Å². The molecule has 1 unspecified atom stereocenters. The lowest BCUT2D eigenvalue weighted by molar-refractivity contribution is -0.158. The molecule has 1 aromatic heterocycles. The Morgan fingerprint density at radius 3 is 2.88 bits per heavy atom. The van der Waals surface area contributed by atoms with Gasteiger partial charge in [0.25, 0.3) is 0 Å². The predicted molar refractivity (Wildman–Crippen MR) is 131 cm³/mol. The molecule has 174 valence electrons. The van der Waals surface area contributed by atoms with Crippen LogP contribution >= 0.6 is 15.9 Å². The molecular weight excluding hydrogens is 468 g/mol. The Labute approximate surface area is 200 Å². The minimum Gasteiger partial charge on any atom is -0.497 e. The number of fused-ring (bicyclic) bond motifs is 4. The lowest BCUT2D eigenvalue weighted by Gasteiger charge is -2.51. The van der Waals surface area contributed by atoms with Crippen LogP contribution in [0.3, 0.4) is 0 Å². The summed E-state index contributed by atoms with van der Waals surface area (Å²) >= 11 is 3.47. The standard InChI is InChI=1S/C26H35BrN2O3/c1-3-18-17-29-14-11-19(18)15-24(29)26(32-25(30)7-5-4-6-12-27)21-10-13-28-23-9-8-20(31-2)16-22(21)23/h8-10,13,16,18-19,24,26H,3-7,11-12,14-15,17H2,1-2H3/t18-,19-,24+,26-/m0/s1. The van der Waals surface area contributed by atoms with Gasteiger partial charge in [0.05, 0.1) is 18.7 Å². The maximum Gasteiger partial charge on any atom is 0.306 e. The summed E-state index contributed by atoms with van der Waals surface area (Å²) < 4.78 is 11.8. The van der Waals surface area contributed by atoms with Crippen molar-refractivity contribution in [1.82, 2.24) is 9.88 Å². The van der Waals surface area contributed by atoms with Crippen molar-refractivity contribution in [3.63, 3.8) is 0 Å². The van der Waals surface area contributed by atoms with Crippen molar-refractivity contribution in [1.29, 1.82) is 0 Å². The first-order valence-corrected chi connectivity index (χ1v) is 13.2. The Bertz CT molecular complexity index is 921. The number of alkyl halides is 1.